The third-order valence-electron chi connectivity index (χ3n) is 2.45. The lowest BCUT2D eigenvalue weighted by Crippen LogP contribution is -2.40. The fourth-order valence-corrected chi connectivity index (χ4v) is 1.74. The van der Waals surface area contributed by atoms with Gasteiger partial charge >= 0.3 is 0 Å². The van der Waals surface area contributed by atoms with E-state index >= 15 is 0 Å². The smallest absolute Gasteiger partial charge is 0.236 e. The Labute approximate surface area is 98.5 Å². The van der Waals surface area contributed by atoms with Gasteiger partial charge in [-0.15, -0.1) is 0 Å². The quantitative estimate of drug-likeness (QED) is 0.757. The van der Waals surface area contributed by atoms with Gasteiger partial charge in [-0.05, 0) is 5.92 Å². The number of alkyl halides is 1. The summed E-state index contributed by atoms with van der Waals surface area (Å²) in [5, 5.41) is 2.75. The van der Waals surface area contributed by atoms with Crippen molar-refractivity contribution >= 4 is 27.7 Å². The van der Waals surface area contributed by atoms with Crippen LogP contribution in [-0.2, 0) is 9.59 Å². The van der Waals surface area contributed by atoms with Gasteiger partial charge in [0.15, 0.2) is 0 Å². The van der Waals surface area contributed by atoms with Crippen molar-refractivity contribution in [1.29, 1.82) is 0 Å². The largest absolute Gasteiger partial charge is 0.354 e. The molecule has 0 aromatic carbocycles. The fourth-order valence-electron chi connectivity index (χ4n) is 1.45. The number of hydrogen-bond acceptors (Lipinski definition) is 2. The van der Waals surface area contributed by atoms with Gasteiger partial charge in [0.1, 0.15) is 0 Å². The maximum atomic E-state index is 11.9. The molecule has 0 aromatic heterocycles. The highest BCUT2D eigenvalue weighted by Crippen LogP contribution is 2.15. The molecule has 0 spiro atoms. The second-order valence-electron chi connectivity index (χ2n) is 4.07. The van der Waals surface area contributed by atoms with Crippen LogP contribution in [0.1, 0.15) is 20.3 Å². The van der Waals surface area contributed by atoms with Gasteiger partial charge in [-0.3, -0.25) is 9.59 Å². The van der Waals surface area contributed by atoms with Crippen LogP contribution in [0, 0.1) is 5.92 Å². The molecule has 1 atom stereocenters. The molecule has 5 heteroatoms. The third kappa shape index (κ3) is 3.48. The van der Waals surface area contributed by atoms with E-state index in [1.807, 2.05) is 13.8 Å². The molecule has 0 aromatic rings. The SMILES string of the molecule is CC(C)C(Br)C(=O)N1CCNC(=O)CC1. The molecule has 15 heavy (non-hydrogen) atoms. The second kappa shape index (κ2) is 5.49. The van der Waals surface area contributed by atoms with Crippen molar-refractivity contribution in [3.05, 3.63) is 0 Å². The van der Waals surface area contributed by atoms with Crippen LogP contribution < -0.4 is 5.32 Å². The first-order chi connectivity index (χ1) is 7.02. The molecule has 1 N–H and O–H groups in total. The number of nitrogens with zero attached hydrogens (tertiary/aromatic N) is 1. The summed E-state index contributed by atoms with van der Waals surface area (Å²) in [5.41, 5.74) is 0. The Morgan fingerprint density at radius 3 is 2.73 bits per heavy atom. The lowest BCUT2D eigenvalue weighted by Gasteiger charge is -2.24. The normalized spacial score (nSPS) is 19.7. The van der Waals surface area contributed by atoms with Crippen molar-refractivity contribution in [3.63, 3.8) is 0 Å². The number of carbonyl (C=O) groups excluding carboxylic acids is 2. The van der Waals surface area contributed by atoms with E-state index in [1.165, 1.54) is 0 Å². The minimum atomic E-state index is -0.147. The summed E-state index contributed by atoms with van der Waals surface area (Å²) in [7, 11) is 0. The van der Waals surface area contributed by atoms with Crippen LogP contribution in [0.3, 0.4) is 0 Å². The van der Waals surface area contributed by atoms with Gasteiger partial charge in [0.05, 0.1) is 4.83 Å². The molecule has 0 saturated carbocycles. The molecular weight excluding hydrogens is 260 g/mol. The molecule has 1 unspecified atom stereocenters. The number of amides is 2. The fraction of sp³-hybridized carbons (Fsp3) is 0.800. The number of carbonyl (C=O) groups is 2. The summed E-state index contributed by atoms with van der Waals surface area (Å²) in [6.45, 7) is 5.69. The molecule has 4 nitrogen and oxygen atoms in total. The molecule has 1 heterocycles. The van der Waals surface area contributed by atoms with Crippen molar-refractivity contribution in [2.24, 2.45) is 5.92 Å². The number of rotatable bonds is 2. The minimum Gasteiger partial charge on any atom is -0.354 e. The number of hydrogen-bond donors (Lipinski definition) is 1. The topological polar surface area (TPSA) is 49.4 Å². The highest BCUT2D eigenvalue weighted by molar-refractivity contribution is 9.10. The second-order valence-corrected chi connectivity index (χ2v) is 5.06. The molecule has 86 valence electrons. The van der Waals surface area contributed by atoms with Crippen LogP contribution in [0.5, 0.6) is 0 Å². The molecule has 0 radical (unpaired) electrons. The molecule has 1 rings (SSSR count). The van der Waals surface area contributed by atoms with Crippen LogP contribution in [0.2, 0.25) is 0 Å². The van der Waals surface area contributed by atoms with Crippen LogP contribution in [-0.4, -0.2) is 41.2 Å². The zero-order chi connectivity index (χ0) is 11.4. The molecule has 1 saturated heterocycles. The van der Waals surface area contributed by atoms with Crippen molar-refractivity contribution < 1.29 is 9.59 Å². The molecular formula is C10H17BrN2O2. The Bertz CT molecular complexity index is 256. The Morgan fingerprint density at radius 2 is 2.13 bits per heavy atom. The van der Waals surface area contributed by atoms with E-state index in [-0.39, 0.29) is 22.6 Å². The molecule has 1 aliphatic heterocycles. The first-order valence-electron chi connectivity index (χ1n) is 5.22. The maximum absolute atomic E-state index is 11.9. The van der Waals surface area contributed by atoms with Crippen molar-refractivity contribution in [3.8, 4) is 0 Å². The highest BCUT2D eigenvalue weighted by Gasteiger charge is 2.25. The monoisotopic (exact) mass is 276 g/mol. The average Bonchev–Trinajstić information content (AvgIpc) is 2.40. The van der Waals surface area contributed by atoms with Crippen molar-refractivity contribution in [2.45, 2.75) is 25.1 Å². The van der Waals surface area contributed by atoms with E-state index in [4.69, 9.17) is 0 Å². The summed E-state index contributed by atoms with van der Waals surface area (Å²) in [5.74, 6) is 0.381. The van der Waals surface area contributed by atoms with Gasteiger partial charge in [-0.25, -0.2) is 0 Å². The summed E-state index contributed by atoms with van der Waals surface area (Å²) < 4.78 is 0. The van der Waals surface area contributed by atoms with Crippen molar-refractivity contribution in [1.82, 2.24) is 10.2 Å². The van der Waals surface area contributed by atoms with Gasteiger partial charge in [0.2, 0.25) is 11.8 Å². The predicted molar refractivity (Wildman–Crippen MR) is 61.8 cm³/mol. The van der Waals surface area contributed by atoms with E-state index in [9.17, 15) is 9.59 Å². The van der Waals surface area contributed by atoms with E-state index in [0.29, 0.717) is 26.1 Å². The molecule has 1 fully saturated rings. The Hall–Kier alpha value is -0.580. The Kier molecular flexibility index (Phi) is 4.57. The van der Waals surface area contributed by atoms with Gasteiger partial charge in [-0.2, -0.15) is 0 Å². The van der Waals surface area contributed by atoms with Crippen molar-refractivity contribution in [2.75, 3.05) is 19.6 Å². The molecule has 1 aliphatic rings. The van der Waals surface area contributed by atoms with Crippen LogP contribution in [0.25, 0.3) is 0 Å². The lowest BCUT2D eigenvalue weighted by molar-refractivity contribution is -0.131. The Morgan fingerprint density at radius 1 is 1.47 bits per heavy atom. The average molecular weight is 277 g/mol. The van der Waals surface area contributed by atoms with Crippen LogP contribution >= 0.6 is 15.9 Å². The van der Waals surface area contributed by atoms with E-state index in [1.54, 1.807) is 4.90 Å². The van der Waals surface area contributed by atoms with Crippen LogP contribution in [0.15, 0.2) is 0 Å². The van der Waals surface area contributed by atoms with Gasteiger partial charge in [0.25, 0.3) is 0 Å². The van der Waals surface area contributed by atoms with E-state index in [0.717, 1.165) is 0 Å². The zero-order valence-electron chi connectivity index (χ0n) is 9.12. The summed E-state index contributed by atoms with van der Waals surface area (Å²) in [6.07, 6.45) is 0.406. The summed E-state index contributed by atoms with van der Waals surface area (Å²) >= 11 is 3.39. The van der Waals surface area contributed by atoms with Gasteiger partial charge < -0.3 is 10.2 Å². The molecule has 0 bridgehead atoms. The highest BCUT2D eigenvalue weighted by atomic mass is 79.9. The third-order valence-corrected chi connectivity index (χ3v) is 3.89. The van der Waals surface area contributed by atoms with Gasteiger partial charge in [-0.1, -0.05) is 29.8 Å². The van der Waals surface area contributed by atoms with Crippen LogP contribution in [0.4, 0.5) is 0 Å². The summed E-state index contributed by atoms with van der Waals surface area (Å²) in [4.78, 5) is 24.6. The maximum Gasteiger partial charge on any atom is 0.236 e. The standard InChI is InChI=1S/C10H17BrN2O2/c1-7(2)9(11)10(15)13-5-3-8(14)12-4-6-13/h7,9H,3-6H2,1-2H3,(H,12,14). The molecule has 2 amide bonds. The minimum absolute atomic E-state index is 0.0287. The summed E-state index contributed by atoms with van der Waals surface area (Å²) in [6, 6.07) is 0. The molecule has 0 aliphatic carbocycles. The lowest BCUT2D eigenvalue weighted by atomic mass is 10.1. The van der Waals surface area contributed by atoms with E-state index in [2.05, 4.69) is 21.2 Å². The Balaban J connectivity index is 2.55. The van der Waals surface area contributed by atoms with Gasteiger partial charge in [0, 0.05) is 26.1 Å². The zero-order valence-corrected chi connectivity index (χ0v) is 10.7. The number of halogens is 1. The predicted octanol–water partition coefficient (Wildman–Crippen LogP) is 0.754. The first kappa shape index (κ1) is 12.5. The first-order valence-corrected chi connectivity index (χ1v) is 6.13. The number of nitrogens with one attached hydrogen (secondary N) is 1. The van der Waals surface area contributed by atoms with E-state index < -0.39 is 0 Å².